The molecule has 82 valence electrons. The molecule has 1 rings (SSSR count). The fraction of sp³-hybridized carbons (Fsp3) is 0.900. The second-order valence-electron chi connectivity index (χ2n) is 3.99. The lowest BCUT2D eigenvalue weighted by Gasteiger charge is -2.10. The minimum Gasteiger partial charge on any atom is -0.356 e. The van der Waals surface area contributed by atoms with E-state index in [1.807, 2.05) is 0 Å². The van der Waals surface area contributed by atoms with Crippen molar-refractivity contribution in [2.75, 3.05) is 32.6 Å². The SMILES string of the molecule is CN1CCC(CCNC(=O)CCCl)C1. The topological polar surface area (TPSA) is 32.3 Å². The molecule has 1 atom stereocenters. The van der Waals surface area contributed by atoms with E-state index in [9.17, 15) is 4.79 Å². The Morgan fingerprint density at radius 1 is 1.64 bits per heavy atom. The van der Waals surface area contributed by atoms with Gasteiger partial charge in [-0.25, -0.2) is 0 Å². The van der Waals surface area contributed by atoms with Crippen LogP contribution in [0.1, 0.15) is 19.3 Å². The molecule has 1 unspecified atom stereocenters. The van der Waals surface area contributed by atoms with Gasteiger partial charge in [0.2, 0.25) is 5.91 Å². The number of amides is 1. The molecule has 1 heterocycles. The quantitative estimate of drug-likeness (QED) is 0.701. The van der Waals surface area contributed by atoms with Crippen LogP contribution in [-0.4, -0.2) is 43.4 Å². The predicted molar refractivity (Wildman–Crippen MR) is 58.6 cm³/mol. The highest BCUT2D eigenvalue weighted by molar-refractivity contribution is 6.18. The van der Waals surface area contributed by atoms with Gasteiger partial charge in [0.05, 0.1) is 0 Å². The Morgan fingerprint density at radius 3 is 3.00 bits per heavy atom. The Morgan fingerprint density at radius 2 is 2.43 bits per heavy atom. The number of carbonyl (C=O) groups is 1. The van der Waals surface area contributed by atoms with Crippen LogP contribution >= 0.6 is 11.6 Å². The maximum Gasteiger partial charge on any atom is 0.221 e. The fourth-order valence-corrected chi connectivity index (χ4v) is 2.02. The molecule has 0 aromatic heterocycles. The summed E-state index contributed by atoms with van der Waals surface area (Å²) < 4.78 is 0. The summed E-state index contributed by atoms with van der Waals surface area (Å²) in [6.45, 7) is 3.17. The Balaban J connectivity index is 2.01. The Bertz CT molecular complexity index is 187. The van der Waals surface area contributed by atoms with E-state index in [-0.39, 0.29) is 5.91 Å². The number of alkyl halides is 1. The van der Waals surface area contributed by atoms with Crippen LogP contribution in [0.15, 0.2) is 0 Å². The first-order chi connectivity index (χ1) is 6.72. The fourth-order valence-electron chi connectivity index (χ4n) is 1.85. The van der Waals surface area contributed by atoms with Crippen LogP contribution in [0.25, 0.3) is 0 Å². The van der Waals surface area contributed by atoms with Crippen molar-refractivity contribution < 1.29 is 4.79 Å². The molecule has 1 aliphatic heterocycles. The molecule has 1 aliphatic rings. The van der Waals surface area contributed by atoms with E-state index in [0.717, 1.165) is 18.9 Å². The van der Waals surface area contributed by atoms with Crippen LogP contribution in [0, 0.1) is 5.92 Å². The number of hydrogen-bond acceptors (Lipinski definition) is 2. The van der Waals surface area contributed by atoms with Gasteiger partial charge in [-0.3, -0.25) is 4.79 Å². The van der Waals surface area contributed by atoms with Crippen molar-refractivity contribution >= 4 is 17.5 Å². The lowest BCUT2D eigenvalue weighted by atomic mass is 10.1. The summed E-state index contributed by atoms with van der Waals surface area (Å²) in [5.41, 5.74) is 0. The van der Waals surface area contributed by atoms with Crippen molar-refractivity contribution in [2.24, 2.45) is 5.92 Å². The second-order valence-corrected chi connectivity index (χ2v) is 4.37. The molecule has 3 nitrogen and oxygen atoms in total. The van der Waals surface area contributed by atoms with E-state index in [2.05, 4.69) is 17.3 Å². The van der Waals surface area contributed by atoms with Crippen molar-refractivity contribution in [3.63, 3.8) is 0 Å². The summed E-state index contributed by atoms with van der Waals surface area (Å²) in [7, 11) is 2.14. The van der Waals surface area contributed by atoms with E-state index in [1.165, 1.54) is 19.5 Å². The van der Waals surface area contributed by atoms with E-state index in [1.54, 1.807) is 0 Å². The largest absolute Gasteiger partial charge is 0.356 e. The molecule has 0 spiro atoms. The first-order valence-electron chi connectivity index (χ1n) is 5.23. The third-order valence-electron chi connectivity index (χ3n) is 2.69. The summed E-state index contributed by atoms with van der Waals surface area (Å²) in [5.74, 6) is 1.25. The highest BCUT2D eigenvalue weighted by Crippen LogP contribution is 2.16. The summed E-state index contributed by atoms with van der Waals surface area (Å²) in [6.07, 6.45) is 2.80. The summed E-state index contributed by atoms with van der Waals surface area (Å²) in [5, 5.41) is 2.88. The van der Waals surface area contributed by atoms with Gasteiger partial charge in [-0.05, 0) is 32.4 Å². The number of carbonyl (C=O) groups excluding carboxylic acids is 1. The molecule has 0 aromatic rings. The first-order valence-corrected chi connectivity index (χ1v) is 5.77. The molecule has 1 N–H and O–H groups in total. The highest BCUT2D eigenvalue weighted by atomic mass is 35.5. The van der Waals surface area contributed by atoms with Crippen LogP contribution in [0.2, 0.25) is 0 Å². The minimum atomic E-state index is 0.0753. The summed E-state index contributed by atoms with van der Waals surface area (Å²) >= 11 is 5.45. The van der Waals surface area contributed by atoms with Gasteiger partial charge in [0.25, 0.3) is 0 Å². The van der Waals surface area contributed by atoms with Crippen LogP contribution in [0.5, 0.6) is 0 Å². The number of likely N-dealkylation sites (tertiary alicyclic amines) is 1. The normalized spacial score (nSPS) is 22.6. The maximum absolute atomic E-state index is 11.1. The van der Waals surface area contributed by atoms with Crippen LogP contribution in [-0.2, 0) is 4.79 Å². The number of nitrogens with one attached hydrogen (secondary N) is 1. The van der Waals surface area contributed by atoms with Crippen LogP contribution in [0.3, 0.4) is 0 Å². The smallest absolute Gasteiger partial charge is 0.221 e. The van der Waals surface area contributed by atoms with Gasteiger partial charge in [-0.2, -0.15) is 0 Å². The average Bonchev–Trinajstić information content (AvgIpc) is 2.52. The highest BCUT2D eigenvalue weighted by Gasteiger charge is 2.18. The van der Waals surface area contributed by atoms with Gasteiger partial charge in [0.1, 0.15) is 0 Å². The van der Waals surface area contributed by atoms with Crippen molar-refractivity contribution in [2.45, 2.75) is 19.3 Å². The van der Waals surface area contributed by atoms with Gasteiger partial charge >= 0.3 is 0 Å². The van der Waals surface area contributed by atoms with Crippen molar-refractivity contribution in [1.29, 1.82) is 0 Å². The Hall–Kier alpha value is -0.280. The minimum absolute atomic E-state index is 0.0753. The van der Waals surface area contributed by atoms with Gasteiger partial charge < -0.3 is 10.2 Å². The first kappa shape index (κ1) is 11.8. The zero-order valence-corrected chi connectivity index (χ0v) is 9.52. The molecule has 14 heavy (non-hydrogen) atoms. The zero-order chi connectivity index (χ0) is 10.4. The molecule has 0 radical (unpaired) electrons. The van der Waals surface area contributed by atoms with Crippen molar-refractivity contribution in [3.05, 3.63) is 0 Å². The number of nitrogens with zero attached hydrogens (tertiary/aromatic N) is 1. The van der Waals surface area contributed by atoms with Crippen LogP contribution < -0.4 is 5.32 Å². The monoisotopic (exact) mass is 218 g/mol. The molecule has 0 aliphatic carbocycles. The molecule has 0 saturated carbocycles. The van der Waals surface area contributed by atoms with Crippen molar-refractivity contribution in [3.8, 4) is 0 Å². The molecule has 1 fully saturated rings. The third-order valence-corrected chi connectivity index (χ3v) is 2.87. The lowest BCUT2D eigenvalue weighted by molar-refractivity contribution is -0.120. The van der Waals surface area contributed by atoms with Gasteiger partial charge in [0.15, 0.2) is 0 Å². The second kappa shape index (κ2) is 6.25. The number of halogens is 1. The molecular weight excluding hydrogens is 200 g/mol. The number of rotatable bonds is 5. The lowest BCUT2D eigenvalue weighted by Crippen LogP contribution is -2.26. The summed E-state index contributed by atoms with van der Waals surface area (Å²) in [4.78, 5) is 13.4. The number of hydrogen-bond donors (Lipinski definition) is 1. The summed E-state index contributed by atoms with van der Waals surface area (Å²) in [6, 6.07) is 0. The molecule has 1 saturated heterocycles. The van der Waals surface area contributed by atoms with Gasteiger partial charge in [-0.15, -0.1) is 11.6 Å². The van der Waals surface area contributed by atoms with Crippen molar-refractivity contribution in [1.82, 2.24) is 10.2 Å². The third kappa shape index (κ3) is 4.29. The van der Waals surface area contributed by atoms with E-state index >= 15 is 0 Å². The average molecular weight is 219 g/mol. The predicted octanol–water partition coefficient (Wildman–Crippen LogP) is 1.07. The molecule has 4 heteroatoms. The standard InChI is InChI=1S/C10H19ClN2O/c1-13-7-4-9(8-13)3-6-12-10(14)2-5-11/h9H,2-8H2,1H3,(H,12,14). The van der Waals surface area contributed by atoms with Gasteiger partial charge in [-0.1, -0.05) is 0 Å². The molecule has 1 amide bonds. The Kier molecular flexibility index (Phi) is 5.26. The molecule has 0 aromatic carbocycles. The molecule has 0 bridgehead atoms. The van der Waals surface area contributed by atoms with Gasteiger partial charge in [0, 0.05) is 25.4 Å². The molecular formula is C10H19ClN2O. The maximum atomic E-state index is 11.1. The van der Waals surface area contributed by atoms with Crippen LogP contribution in [0.4, 0.5) is 0 Å². The van der Waals surface area contributed by atoms with E-state index in [4.69, 9.17) is 11.6 Å². The Labute approximate surface area is 90.8 Å². The zero-order valence-electron chi connectivity index (χ0n) is 8.76. The van der Waals surface area contributed by atoms with E-state index in [0.29, 0.717) is 12.3 Å². The van der Waals surface area contributed by atoms with E-state index < -0.39 is 0 Å².